The van der Waals surface area contributed by atoms with Gasteiger partial charge in [-0.1, -0.05) is 141 Å². The van der Waals surface area contributed by atoms with Crippen LogP contribution in [0, 0.1) is 5.82 Å². The molecule has 1 aromatic carbocycles. The van der Waals surface area contributed by atoms with E-state index < -0.39 is 37.1 Å². The standard InChI is InChI=1S/C41H74FNO7/c1-2-3-4-5-6-7-8-9-10-14-17-20-23-37(45)40(48)36(30-49-31-39(47)38(46)29-44)43-41(32-50-33-41)28-21-18-15-12-11-13-16-19-22-34-24-26-35(42)27-25-34/h24-27,36-40,43-48H,2-23,28-33H2,1H3/t36-,37+,38-,39-,40-/m0/s1. The summed E-state index contributed by atoms with van der Waals surface area (Å²) in [5.74, 6) is -0.182. The van der Waals surface area contributed by atoms with Gasteiger partial charge >= 0.3 is 0 Å². The molecule has 1 aromatic rings. The molecule has 1 saturated heterocycles. The minimum absolute atomic E-state index is 0.0504. The topological polar surface area (TPSA) is 132 Å². The minimum Gasteiger partial charge on any atom is -0.394 e. The summed E-state index contributed by atoms with van der Waals surface area (Å²) in [7, 11) is 0. The minimum atomic E-state index is -1.30. The van der Waals surface area contributed by atoms with Crippen molar-refractivity contribution >= 4 is 0 Å². The van der Waals surface area contributed by atoms with Crippen molar-refractivity contribution in [2.24, 2.45) is 0 Å². The van der Waals surface area contributed by atoms with Crippen LogP contribution in [0.3, 0.4) is 0 Å². The predicted molar refractivity (Wildman–Crippen MR) is 200 cm³/mol. The molecular formula is C41H74FNO7. The molecule has 0 aromatic heterocycles. The number of hydrogen-bond donors (Lipinski definition) is 6. The Morgan fingerprint density at radius 1 is 0.680 bits per heavy atom. The van der Waals surface area contributed by atoms with Gasteiger partial charge in [-0.05, 0) is 43.4 Å². The zero-order chi connectivity index (χ0) is 36.3. The van der Waals surface area contributed by atoms with E-state index in [1.807, 2.05) is 12.1 Å². The molecule has 1 fully saturated rings. The van der Waals surface area contributed by atoms with Crippen molar-refractivity contribution in [3.05, 3.63) is 35.6 Å². The summed E-state index contributed by atoms with van der Waals surface area (Å²) in [6.45, 7) is 2.62. The van der Waals surface area contributed by atoms with Gasteiger partial charge in [0, 0.05) is 0 Å². The van der Waals surface area contributed by atoms with Gasteiger partial charge in [-0.15, -0.1) is 0 Å². The fourth-order valence-corrected chi connectivity index (χ4v) is 6.95. The van der Waals surface area contributed by atoms with Gasteiger partial charge in [-0.25, -0.2) is 4.39 Å². The predicted octanol–water partition coefficient (Wildman–Crippen LogP) is 7.15. The van der Waals surface area contributed by atoms with E-state index in [1.165, 1.54) is 108 Å². The number of aliphatic hydroxyl groups excluding tert-OH is 5. The largest absolute Gasteiger partial charge is 0.394 e. The van der Waals surface area contributed by atoms with E-state index in [0.717, 1.165) is 51.4 Å². The lowest BCUT2D eigenvalue weighted by atomic mass is 9.87. The van der Waals surface area contributed by atoms with Crippen molar-refractivity contribution in [1.82, 2.24) is 5.32 Å². The maximum atomic E-state index is 13.1. The highest BCUT2D eigenvalue weighted by molar-refractivity contribution is 5.15. The number of unbranched alkanes of at least 4 members (excludes halogenated alkanes) is 18. The molecule has 1 heterocycles. The molecule has 0 amide bonds. The third kappa shape index (κ3) is 20.2. The van der Waals surface area contributed by atoms with Crippen LogP contribution in [0.15, 0.2) is 24.3 Å². The Kier molecular flexibility index (Phi) is 25.5. The molecule has 0 spiro atoms. The first kappa shape index (κ1) is 45.0. The smallest absolute Gasteiger partial charge is 0.123 e. The fourth-order valence-electron chi connectivity index (χ4n) is 6.95. The van der Waals surface area contributed by atoms with Crippen molar-refractivity contribution in [3.63, 3.8) is 0 Å². The van der Waals surface area contributed by atoms with Crippen LogP contribution >= 0.6 is 0 Å². The van der Waals surface area contributed by atoms with E-state index in [4.69, 9.17) is 14.6 Å². The number of ether oxygens (including phenoxy) is 2. The van der Waals surface area contributed by atoms with Crippen LogP contribution in [0.2, 0.25) is 0 Å². The van der Waals surface area contributed by atoms with E-state index in [2.05, 4.69) is 12.2 Å². The first-order valence-electron chi connectivity index (χ1n) is 20.3. The number of aliphatic hydroxyl groups is 5. The lowest BCUT2D eigenvalue weighted by molar-refractivity contribution is -0.114. The highest BCUT2D eigenvalue weighted by Gasteiger charge is 2.42. The van der Waals surface area contributed by atoms with Gasteiger partial charge in [0.25, 0.3) is 0 Å². The molecule has 9 heteroatoms. The van der Waals surface area contributed by atoms with Crippen LogP contribution in [0.25, 0.3) is 0 Å². The third-order valence-corrected chi connectivity index (χ3v) is 10.4. The Hall–Kier alpha value is -1.17. The van der Waals surface area contributed by atoms with Crippen LogP contribution in [0.1, 0.15) is 154 Å². The van der Waals surface area contributed by atoms with Crippen molar-refractivity contribution in [2.45, 2.75) is 191 Å². The summed E-state index contributed by atoms with van der Waals surface area (Å²) in [6.07, 6.45) is 22.1. The van der Waals surface area contributed by atoms with E-state index in [9.17, 15) is 24.8 Å². The number of benzene rings is 1. The summed E-state index contributed by atoms with van der Waals surface area (Å²) >= 11 is 0. The summed E-state index contributed by atoms with van der Waals surface area (Å²) < 4.78 is 24.4. The molecule has 1 aliphatic rings. The Morgan fingerprint density at radius 2 is 1.20 bits per heavy atom. The van der Waals surface area contributed by atoms with E-state index in [0.29, 0.717) is 19.6 Å². The van der Waals surface area contributed by atoms with Gasteiger partial charge in [0.1, 0.15) is 18.0 Å². The molecule has 0 unspecified atom stereocenters. The van der Waals surface area contributed by atoms with E-state index in [-0.39, 0.29) is 24.6 Å². The monoisotopic (exact) mass is 712 g/mol. The molecule has 0 radical (unpaired) electrons. The van der Waals surface area contributed by atoms with Gasteiger partial charge in [-0.3, -0.25) is 5.32 Å². The Bertz CT molecular complexity index is 919. The highest BCUT2D eigenvalue weighted by Crippen LogP contribution is 2.27. The molecule has 292 valence electrons. The summed E-state index contributed by atoms with van der Waals surface area (Å²) in [6, 6.07) is 6.24. The van der Waals surface area contributed by atoms with Crippen LogP contribution in [-0.2, 0) is 15.9 Å². The average molecular weight is 712 g/mol. The summed E-state index contributed by atoms with van der Waals surface area (Å²) in [5.41, 5.74) is 0.899. The van der Waals surface area contributed by atoms with Crippen molar-refractivity contribution in [2.75, 3.05) is 33.0 Å². The molecule has 5 atom stereocenters. The molecule has 8 nitrogen and oxygen atoms in total. The Labute approximate surface area is 303 Å². The molecule has 0 saturated carbocycles. The number of hydrogen-bond acceptors (Lipinski definition) is 8. The quantitative estimate of drug-likeness (QED) is 0.0416. The first-order valence-corrected chi connectivity index (χ1v) is 20.3. The second-order valence-corrected chi connectivity index (χ2v) is 15.1. The van der Waals surface area contributed by atoms with Crippen molar-refractivity contribution < 1.29 is 39.4 Å². The Balaban J connectivity index is 1.69. The van der Waals surface area contributed by atoms with Gasteiger partial charge in [0.2, 0.25) is 0 Å². The molecular weight excluding hydrogens is 637 g/mol. The maximum Gasteiger partial charge on any atom is 0.123 e. The van der Waals surface area contributed by atoms with Crippen LogP contribution < -0.4 is 5.32 Å². The van der Waals surface area contributed by atoms with Gasteiger partial charge < -0.3 is 35.0 Å². The highest BCUT2D eigenvalue weighted by atomic mass is 19.1. The van der Waals surface area contributed by atoms with Crippen molar-refractivity contribution in [3.8, 4) is 0 Å². The normalized spacial score (nSPS) is 17.3. The third-order valence-electron chi connectivity index (χ3n) is 10.4. The number of halogens is 1. The second-order valence-electron chi connectivity index (χ2n) is 15.1. The summed E-state index contributed by atoms with van der Waals surface area (Å²) in [4.78, 5) is 0. The summed E-state index contributed by atoms with van der Waals surface area (Å²) in [5, 5.41) is 54.7. The van der Waals surface area contributed by atoms with Gasteiger partial charge in [0.05, 0.1) is 56.8 Å². The molecule has 2 rings (SSSR count). The SMILES string of the molecule is CCCCCCCCCCCCCC[C@@H](O)[C@@H](O)[C@H](COC[C@H](O)[C@@H](O)CO)NC1(CCCCCCCCCCc2ccc(F)cc2)COC1. The van der Waals surface area contributed by atoms with Crippen LogP contribution in [0.4, 0.5) is 4.39 Å². The zero-order valence-electron chi connectivity index (χ0n) is 31.4. The molecule has 0 bridgehead atoms. The lowest BCUT2D eigenvalue weighted by Crippen LogP contribution is -2.67. The molecule has 0 aliphatic carbocycles. The number of aryl methyl sites for hydroxylation is 1. The average Bonchev–Trinajstić information content (AvgIpc) is 3.10. The molecule has 50 heavy (non-hydrogen) atoms. The Morgan fingerprint density at radius 3 is 1.72 bits per heavy atom. The first-order chi connectivity index (χ1) is 24.3. The van der Waals surface area contributed by atoms with Crippen LogP contribution in [-0.4, -0.2) is 94.6 Å². The number of nitrogens with one attached hydrogen (secondary N) is 1. The zero-order valence-corrected chi connectivity index (χ0v) is 31.4. The molecule has 1 aliphatic heterocycles. The maximum absolute atomic E-state index is 13.1. The van der Waals surface area contributed by atoms with E-state index in [1.54, 1.807) is 0 Å². The lowest BCUT2D eigenvalue weighted by Gasteiger charge is -2.46. The van der Waals surface area contributed by atoms with Gasteiger partial charge in [0.15, 0.2) is 0 Å². The fraction of sp³-hybridized carbons (Fsp3) is 0.854. The van der Waals surface area contributed by atoms with Gasteiger partial charge in [-0.2, -0.15) is 0 Å². The van der Waals surface area contributed by atoms with E-state index >= 15 is 0 Å². The van der Waals surface area contributed by atoms with Crippen molar-refractivity contribution in [1.29, 1.82) is 0 Å². The van der Waals surface area contributed by atoms with Crippen LogP contribution in [0.5, 0.6) is 0 Å². The molecule has 6 N–H and O–H groups in total. The second kappa shape index (κ2) is 28.3. The number of rotatable bonds is 34.